The molecule has 0 aromatic heterocycles. The lowest BCUT2D eigenvalue weighted by molar-refractivity contribution is -0.0667. The summed E-state index contributed by atoms with van der Waals surface area (Å²) in [5, 5.41) is 0. The largest absolute Gasteiger partial charge is 0.412 e. The van der Waals surface area contributed by atoms with Crippen LogP contribution in [0.2, 0.25) is 0 Å². The lowest BCUT2D eigenvalue weighted by Gasteiger charge is -2.59. The van der Waals surface area contributed by atoms with Crippen LogP contribution < -0.4 is 0 Å². The maximum atomic E-state index is 2.68. The second kappa shape index (κ2) is 6.89. The summed E-state index contributed by atoms with van der Waals surface area (Å²) in [4.78, 5) is 0. The van der Waals surface area contributed by atoms with Crippen LogP contribution in [0, 0.1) is 52.3 Å². The minimum Gasteiger partial charge on any atom is -0.412 e. The van der Waals surface area contributed by atoms with Gasteiger partial charge in [0.1, 0.15) is 0 Å². The first-order valence-electron chi connectivity index (χ1n) is 12.3. The highest BCUT2D eigenvalue weighted by Gasteiger charge is 2.64. The highest BCUT2D eigenvalue weighted by atomic mass is 16.0. The van der Waals surface area contributed by atoms with Gasteiger partial charge in [-0.1, -0.05) is 45.8 Å². The molecule has 5 aliphatic rings. The third-order valence-electron chi connectivity index (χ3n) is 11.0. The van der Waals surface area contributed by atoms with Crippen molar-refractivity contribution < 1.29 is 5.48 Å². The molecule has 0 amide bonds. The van der Waals surface area contributed by atoms with Crippen molar-refractivity contribution in [3.8, 4) is 0 Å². The molecule has 9 atom stereocenters. The number of hydrogen-bond acceptors (Lipinski definition) is 0. The topological polar surface area (TPSA) is 31.5 Å². The molecule has 5 aliphatic carbocycles. The quantitative estimate of drug-likeness (QED) is 0.487. The van der Waals surface area contributed by atoms with E-state index in [9.17, 15) is 0 Å². The third-order valence-corrected chi connectivity index (χ3v) is 11.0. The average Bonchev–Trinajstić information content (AvgIpc) is 3.14. The Morgan fingerprint density at radius 3 is 2.48 bits per heavy atom. The van der Waals surface area contributed by atoms with Gasteiger partial charge in [0.25, 0.3) is 0 Å². The van der Waals surface area contributed by atoms with E-state index in [1.165, 1.54) is 44.9 Å². The Hall–Kier alpha value is -0.300. The molecule has 0 aliphatic heterocycles. The lowest BCUT2D eigenvalue weighted by Crippen LogP contribution is -2.51. The first-order valence-corrected chi connectivity index (χ1v) is 12.3. The average molecular weight is 373 g/mol. The zero-order valence-corrected chi connectivity index (χ0v) is 18.4. The van der Waals surface area contributed by atoms with Crippen molar-refractivity contribution in [1.29, 1.82) is 0 Å². The van der Waals surface area contributed by atoms with E-state index in [1.807, 2.05) is 5.57 Å². The van der Waals surface area contributed by atoms with Gasteiger partial charge < -0.3 is 5.48 Å². The number of rotatable bonds is 3. The van der Waals surface area contributed by atoms with Crippen molar-refractivity contribution in [3.63, 3.8) is 0 Å². The summed E-state index contributed by atoms with van der Waals surface area (Å²) >= 11 is 0. The molecule has 4 saturated carbocycles. The predicted octanol–water partition coefficient (Wildman–Crippen LogP) is 6.81. The summed E-state index contributed by atoms with van der Waals surface area (Å²) in [5.41, 5.74) is 3.19. The Balaban J connectivity index is 0.00000180. The van der Waals surface area contributed by atoms with Gasteiger partial charge in [0, 0.05) is 0 Å². The van der Waals surface area contributed by atoms with E-state index in [1.54, 1.807) is 25.7 Å². The summed E-state index contributed by atoms with van der Waals surface area (Å²) in [6.45, 7) is 10.3. The fourth-order valence-corrected chi connectivity index (χ4v) is 9.77. The Bertz CT molecular complexity index is 593. The molecule has 1 heteroatoms. The Kier molecular flexibility index (Phi) is 5.10. The van der Waals surface area contributed by atoms with Crippen LogP contribution in [0.3, 0.4) is 0 Å². The minimum absolute atomic E-state index is 0. The van der Waals surface area contributed by atoms with Crippen molar-refractivity contribution in [1.82, 2.24) is 0 Å². The highest BCUT2D eigenvalue weighted by Crippen LogP contribution is 2.72. The first kappa shape index (κ1) is 20.0. The smallest absolute Gasteiger partial charge is 0.00853 e. The molecule has 0 aromatic carbocycles. The molecule has 0 spiro atoms. The van der Waals surface area contributed by atoms with Crippen molar-refractivity contribution >= 4 is 0 Å². The number of hydrogen-bond donors (Lipinski definition) is 0. The highest BCUT2D eigenvalue weighted by molar-refractivity contribution is 5.24. The number of allylic oxidation sites excluding steroid dienone is 2. The third kappa shape index (κ3) is 2.59. The zero-order chi connectivity index (χ0) is 18.1. The molecule has 0 radical (unpaired) electrons. The van der Waals surface area contributed by atoms with Gasteiger partial charge in [-0.15, -0.1) is 0 Å². The summed E-state index contributed by atoms with van der Waals surface area (Å²) in [6, 6.07) is 0. The van der Waals surface area contributed by atoms with Crippen LogP contribution in [-0.4, -0.2) is 5.48 Å². The van der Waals surface area contributed by atoms with Crippen LogP contribution >= 0.6 is 0 Å². The molecule has 0 bridgehead atoms. The van der Waals surface area contributed by atoms with Gasteiger partial charge in [0.2, 0.25) is 0 Å². The van der Waals surface area contributed by atoms with Gasteiger partial charge in [0.05, 0.1) is 0 Å². The Morgan fingerprint density at radius 2 is 1.78 bits per heavy atom. The second-order valence-corrected chi connectivity index (χ2v) is 11.3. The van der Waals surface area contributed by atoms with Crippen LogP contribution in [0.5, 0.6) is 0 Å². The molecular formula is C26H44O. The fraction of sp³-hybridized carbons (Fsp3) is 0.923. The van der Waals surface area contributed by atoms with E-state index < -0.39 is 0 Å². The molecule has 4 fully saturated rings. The van der Waals surface area contributed by atoms with E-state index in [0.717, 1.165) is 46.8 Å². The van der Waals surface area contributed by atoms with Crippen molar-refractivity contribution in [3.05, 3.63) is 11.6 Å². The molecule has 0 aromatic rings. The van der Waals surface area contributed by atoms with Gasteiger partial charge in [-0.2, -0.15) is 0 Å². The zero-order valence-electron chi connectivity index (χ0n) is 18.4. The molecule has 5 rings (SSSR count). The Labute approximate surface area is 168 Å². The van der Waals surface area contributed by atoms with Crippen LogP contribution in [-0.2, 0) is 0 Å². The maximum Gasteiger partial charge on any atom is -0.00853 e. The van der Waals surface area contributed by atoms with Gasteiger partial charge >= 0.3 is 0 Å². The van der Waals surface area contributed by atoms with Crippen molar-refractivity contribution in [2.75, 3.05) is 0 Å². The SMILES string of the molecule is CCC1C(C)C1C1CCC2C3CCC4=CCCC[C@]4(C)C3CC[C@@]21CC.O. The van der Waals surface area contributed by atoms with Crippen molar-refractivity contribution in [2.24, 2.45) is 52.3 Å². The molecule has 1 nitrogen and oxygen atoms in total. The van der Waals surface area contributed by atoms with Gasteiger partial charge in [0.15, 0.2) is 0 Å². The van der Waals surface area contributed by atoms with E-state index in [2.05, 4.69) is 33.8 Å². The van der Waals surface area contributed by atoms with Crippen LogP contribution in [0.15, 0.2) is 11.6 Å². The van der Waals surface area contributed by atoms with Crippen LogP contribution in [0.25, 0.3) is 0 Å². The van der Waals surface area contributed by atoms with Crippen LogP contribution in [0.4, 0.5) is 0 Å². The number of fused-ring (bicyclic) bond motifs is 5. The predicted molar refractivity (Wildman–Crippen MR) is 114 cm³/mol. The lowest BCUT2D eigenvalue weighted by atomic mass is 9.46. The minimum atomic E-state index is 0. The monoisotopic (exact) mass is 372 g/mol. The standard InChI is InChI=1S/C26H42.H2O/c1-5-19-17(3)24(19)23-13-12-22-20-11-10-18-9-7-8-15-25(18,4)21(20)14-16-26(22,23)6-2;/h9,17,19-24H,5-8,10-16H2,1-4H3;1H2/t17?,19?,20?,21?,22?,23?,24?,25-,26-;/m0./s1. The van der Waals surface area contributed by atoms with Gasteiger partial charge in [-0.05, 0) is 116 Å². The molecule has 154 valence electrons. The summed E-state index contributed by atoms with van der Waals surface area (Å²) in [5.74, 6) is 7.41. The molecule has 2 N–H and O–H groups in total. The molecular weight excluding hydrogens is 328 g/mol. The van der Waals surface area contributed by atoms with Crippen molar-refractivity contribution in [2.45, 2.75) is 98.3 Å². The van der Waals surface area contributed by atoms with E-state index in [4.69, 9.17) is 0 Å². The molecule has 0 saturated heterocycles. The van der Waals surface area contributed by atoms with E-state index >= 15 is 0 Å². The van der Waals surface area contributed by atoms with Crippen LogP contribution in [0.1, 0.15) is 98.3 Å². The fourth-order valence-electron chi connectivity index (χ4n) is 9.77. The summed E-state index contributed by atoms with van der Waals surface area (Å²) in [7, 11) is 0. The molecule has 0 heterocycles. The molecule has 27 heavy (non-hydrogen) atoms. The summed E-state index contributed by atoms with van der Waals surface area (Å²) < 4.78 is 0. The Morgan fingerprint density at radius 1 is 1.00 bits per heavy atom. The normalized spacial score (nSPS) is 53.5. The van der Waals surface area contributed by atoms with E-state index in [0.29, 0.717) is 5.41 Å². The van der Waals surface area contributed by atoms with E-state index in [-0.39, 0.29) is 5.48 Å². The summed E-state index contributed by atoms with van der Waals surface area (Å²) in [6.07, 6.45) is 19.1. The van der Waals surface area contributed by atoms with Gasteiger partial charge in [-0.25, -0.2) is 0 Å². The maximum absolute atomic E-state index is 2.68. The van der Waals surface area contributed by atoms with Gasteiger partial charge in [-0.3, -0.25) is 0 Å². The second-order valence-electron chi connectivity index (χ2n) is 11.3. The first-order chi connectivity index (χ1) is 12.6. The molecule has 7 unspecified atom stereocenters.